The van der Waals surface area contributed by atoms with Crippen molar-refractivity contribution in [3.63, 3.8) is 0 Å². The second kappa shape index (κ2) is 10.9. The van der Waals surface area contributed by atoms with E-state index in [1.807, 2.05) is 0 Å². The van der Waals surface area contributed by atoms with E-state index in [1.54, 1.807) is 6.92 Å². The topological polar surface area (TPSA) is 61.8 Å². The molecule has 0 saturated heterocycles. The fourth-order valence-electron chi connectivity index (χ4n) is 2.20. The molecule has 1 atom stereocenters. The van der Waals surface area contributed by atoms with Crippen molar-refractivity contribution in [2.24, 2.45) is 0 Å². The van der Waals surface area contributed by atoms with Gasteiger partial charge in [-0.1, -0.05) is 46.9 Å². The molecule has 0 aromatic heterocycles. The van der Waals surface area contributed by atoms with Crippen molar-refractivity contribution in [3.8, 4) is 0 Å². The van der Waals surface area contributed by atoms with Crippen LogP contribution in [0.4, 0.5) is 13.2 Å². The van der Waals surface area contributed by atoms with Crippen molar-refractivity contribution in [2.45, 2.75) is 29.2 Å². The van der Waals surface area contributed by atoms with Crippen molar-refractivity contribution in [2.75, 3.05) is 20.3 Å². The molecule has 11 heteroatoms. The first kappa shape index (κ1) is 25.4. The third-order valence-corrected chi connectivity index (χ3v) is 3.87. The molecule has 0 fully saturated rings. The number of esters is 2. The van der Waals surface area contributed by atoms with Crippen LogP contribution in [-0.4, -0.2) is 36.1 Å². The number of carbonyl (C=O) groups is 2. The Balaban J connectivity index is 3.14. The van der Waals surface area contributed by atoms with Crippen LogP contribution in [0.3, 0.4) is 0 Å². The summed E-state index contributed by atoms with van der Waals surface area (Å²) in [5.74, 6) is -2.86. The van der Waals surface area contributed by atoms with Gasteiger partial charge in [-0.15, -0.1) is 0 Å². The lowest BCUT2D eigenvalue weighted by Gasteiger charge is -2.18. The molecule has 0 spiro atoms. The highest BCUT2D eigenvalue weighted by Crippen LogP contribution is 2.32. The largest absolute Gasteiger partial charge is 0.490 e. The molecule has 0 amide bonds. The molecule has 0 bridgehead atoms. The molecule has 0 aliphatic heterocycles. The summed E-state index contributed by atoms with van der Waals surface area (Å²) in [6.07, 6.45) is -3.39. The molecule has 0 aliphatic rings. The second-order valence-corrected chi connectivity index (χ2v) is 8.14. The van der Waals surface area contributed by atoms with Crippen LogP contribution in [0.5, 0.6) is 0 Å². The predicted molar refractivity (Wildman–Crippen MR) is 102 cm³/mol. The number of rotatable bonds is 8. The molecule has 0 N–H and O–H groups in total. The van der Waals surface area contributed by atoms with Gasteiger partial charge >= 0.3 is 18.1 Å². The third-order valence-electron chi connectivity index (χ3n) is 3.54. The van der Waals surface area contributed by atoms with Crippen LogP contribution >= 0.6 is 34.8 Å². The Labute approximate surface area is 180 Å². The van der Waals surface area contributed by atoms with Gasteiger partial charge in [0.25, 0.3) is 0 Å². The molecule has 0 aliphatic carbocycles. The minimum Gasteiger partial charge on any atom is -0.490 e. The minimum absolute atomic E-state index is 0.104. The first-order valence-corrected chi connectivity index (χ1v) is 9.34. The van der Waals surface area contributed by atoms with Gasteiger partial charge in [0, 0.05) is 0 Å². The van der Waals surface area contributed by atoms with Crippen LogP contribution in [0.25, 0.3) is 0 Å². The maximum absolute atomic E-state index is 12.8. The number of allylic oxidation sites excluding steroid dienone is 1. The van der Waals surface area contributed by atoms with Crippen molar-refractivity contribution in [1.82, 2.24) is 0 Å². The Morgan fingerprint density at radius 1 is 1.10 bits per heavy atom. The summed E-state index contributed by atoms with van der Waals surface area (Å²) in [4.78, 5) is 24.3. The molecule has 5 nitrogen and oxygen atoms in total. The second-order valence-electron chi connectivity index (χ2n) is 5.62. The lowest BCUT2D eigenvalue weighted by molar-refractivity contribution is -0.145. The van der Waals surface area contributed by atoms with Gasteiger partial charge in [-0.05, 0) is 37.1 Å². The first-order valence-electron chi connectivity index (χ1n) is 8.20. The van der Waals surface area contributed by atoms with E-state index in [0.29, 0.717) is 0 Å². The Morgan fingerprint density at radius 3 is 2.14 bits per heavy atom. The van der Waals surface area contributed by atoms with Gasteiger partial charge in [-0.3, -0.25) is 4.79 Å². The smallest absolute Gasteiger partial charge is 0.416 e. The van der Waals surface area contributed by atoms with Crippen LogP contribution < -0.4 is 0 Å². The van der Waals surface area contributed by atoms with Gasteiger partial charge in [-0.2, -0.15) is 13.2 Å². The van der Waals surface area contributed by atoms with Crippen LogP contribution in [0.15, 0.2) is 36.1 Å². The Bertz CT molecular complexity index is 728. The number of methoxy groups -OCH3 is 1. The van der Waals surface area contributed by atoms with Gasteiger partial charge in [-0.25, -0.2) is 4.79 Å². The monoisotopic (exact) mass is 476 g/mol. The molecular weight excluding hydrogens is 460 g/mol. The molecule has 0 unspecified atom stereocenters. The summed E-state index contributed by atoms with van der Waals surface area (Å²) < 4.78 is 51.2. The van der Waals surface area contributed by atoms with Crippen LogP contribution in [0, 0.1) is 0 Å². The standard InChI is InChI=1S/C18H18Cl3F3O5/c1-3-28-16(26)14(27-2)9-8-13(15(25)29-10-17(19,20)21)11-4-6-12(7-5-11)18(22,23)24/h4-7,9,13H,3,8,10H2,1-2H3/b14-9-/t13-/m0/s1. The highest BCUT2D eigenvalue weighted by molar-refractivity contribution is 6.67. The van der Waals surface area contributed by atoms with Crippen molar-refractivity contribution < 1.29 is 37.0 Å². The summed E-state index contributed by atoms with van der Waals surface area (Å²) in [5, 5.41) is 0. The Hall–Kier alpha value is -1.64. The third kappa shape index (κ3) is 8.72. The van der Waals surface area contributed by atoms with Gasteiger partial charge in [0.15, 0.2) is 5.76 Å². The zero-order valence-electron chi connectivity index (χ0n) is 15.4. The number of carbonyl (C=O) groups excluding carboxylic acids is 2. The lowest BCUT2D eigenvalue weighted by Crippen LogP contribution is -2.22. The number of benzene rings is 1. The number of ether oxygens (including phenoxy) is 3. The van der Waals surface area contributed by atoms with E-state index >= 15 is 0 Å². The van der Waals surface area contributed by atoms with E-state index in [1.165, 1.54) is 13.2 Å². The SMILES string of the molecule is CCOC(=O)/C(=C/C[C@H](C(=O)OCC(Cl)(Cl)Cl)c1ccc(C(F)(F)F)cc1)OC. The van der Waals surface area contributed by atoms with Crippen LogP contribution in [-0.2, 0) is 30.0 Å². The van der Waals surface area contributed by atoms with E-state index in [4.69, 9.17) is 49.0 Å². The average Bonchev–Trinajstić information content (AvgIpc) is 2.62. The van der Waals surface area contributed by atoms with E-state index in [2.05, 4.69) is 0 Å². The first-order chi connectivity index (χ1) is 13.4. The summed E-state index contributed by atoms with van der Waals surface area (Å²) >= 11 is 16.7. The Morgan fingerprint density at radius 2 is 1.69 bits per heavy atom. The molecule has 1 rings (SSSR count). The van der Waals surface area contributed by atoms with E-state index in [-0.39, 0.29) is 24.4 Å². The number of hydrogen-bond acceptors (Lipinski definition) is 5. The molecule has 29 heavy (non-hydrogen) atoms. The Kier molecular flexibility index (Phi) is 9.58. The van der Waals surface area contributed by atoms with E-state index < -0.39 is 40.0 Å². The van der Waals surface area contributed by atoms with Crippen LogP contribution in [0.1, 0.15) is 30.4 Å². The fourth-order valence-corrected chi connectivity index (χ4v) is 2.37. The molecule has 162 valence electrons. The van der Waals surface area contributed by atoms with E-state index in [0.717, 1.165) is 24.3 Å². The average molecular weight is 478 g/mol. The summed E-state index contributed by atoms with van der Waals surface area (Å²) in [7, 11) is 1.23. The molecule has 1 aromatic carbocycles. The summed E-state index contributed by atoms with van der Waals surface area (Å²) in [6.45, 7) is 1.14. The maximum atomic E-state index is 12.8. The quantitative estimate of drug-likeness (QED) is 0.223. The molecule has 0 radical (unpaired) electrons. The van der Waals surface area contributed by atoms with Crippen LogP contribution in [0.2, 0.25) is 0 Å². The van der Waals surface area contributed by atoms with Crippen molar-refractivity contribution in [1.29, 1.82) is 0 Å². The normalized spacial score (nSPS) is 13.6. The molecular formula is C18H18Cl3F3O5. The van der Waals surface area contributed by atoms with Gasteiger partial charge < -0.3 is 14.2 Å². The lowest BCUT2D eigenvalue weighted by atomic mass is 9.94. The molecule has 1 aromatic rings. The molecule has 0 heterocycles. The van der Waals surface area contributed by atoms with Crippen molar-refractivity contribution >= 4 is 46.7 Å². The zero-order valence-corrected chi connectivity index (χ0v) is 17.7. The van der Waals surface area contributed by atoms with Gasteiger partial charge in [0.2, 0.25) is 3.79 Å². The van der Waals surface area contributed by atoms with Crippen molar-refractivity contribution in [3.05, 3.63) is 47.2 Å². The summed E-state index contributed by atoms with van der Waals surface area (Å²) in [6, 6.07) is 3.93. The maximum Gasteiger partial charge on any atom is 0.416 e. The zero-order chi connectivity index (χ0) is 22.2. The number of hydrogen-bond donors (Lipinski definition) is 0. The predicted octanol–water partition coefficient (Wildman–Crippen LogP) is 5.19. The van der Waals surface area contributed by atoms with E-state index in [9.17, 15) is 22.8 Å². The van der Waals surface area contributed by atoms with Gasteiger partial charge in [0.1, 0.15) is 6.61 Å². The van der Waals surface area contributed by atoms with Gasteiger partial charge in [0.05, 0.1) is 25.2 Å². The summed E-state index contributed by atoms with van der Waals surface area (Å²) in [5.41, 5.74) is -0.669. The number of alkyl halides is 6. The fraction of sp³-hybridized carbons (Fsp3) is 0.444. The number of halogens is 6. The molecule has 0 saturated carbocycles. The minimum atomic E-state index is -4.53. The highest BCUT2D eigenvalue weighted by atomic mass is 35.6. The highest BCUT2D eigenvalue weighted by Gasteiger charge is 2.32.